The van der Waals surface area contributed by atoms with Crippen LogP contribution >= 0.6 is 0 Å². The summed E-state index contributed by atoms with van der Waals surface area (Å²) in [6.45, 7) is 5.51. The topological polar surface area (TPSA) is 20.3 Å². The molecule has 0 aromatic heterocycles. The number of amides is 1. The molecule has 1 aromatic rings. The first-order valence-corrected chi connectivity index (χ1v) is 14.4. The fourth-order valence-corrected chi connectivity index (χ4v) is 4.63. The average Bonchev–Trinajstić information content (AvgIpc) is 2.84. The molecule has 0 spiro atoms. The average molecular weight is 498 g/mol. The Bertz CT molecular complexity index is 637. The van der Waals surface area contributed by atoms with Gasteiger partial charge in [-0.05, 0) is 25.0 Å². The molecule has 0 aliphatic carbocycles. The summed E-state index contributed by atoms with van der Waals surface area (Å²) in [5.41, 5.74) is -1.04. The molecule has 0 radical (unpaired) electrons. The first-order valence-electron chi connectivity index (χ1n) is 14.4. The van der Waals surface area contributed by atoms with Crippen molar-refractivity contribution in [2.75, 3.05) is 13.1 Å². The highest BCUT2D eigenvalue weighted by Crippen LogP contribution is 2.32. The molecule has 0 aliphatic rings. The van der Waals surface area contributed by atoms with Crippen molar-refractivity contribution in [3.8, 4) is 0 Å². The molecule has 1 amide bonds. The highest BCUT2D eigenvalue weighted by Gasteiger charge is 2.35. The van der Waals surface area contributed by atoms with Crippen LogP contribution in [0.1, 0.15) is 145 Å². The molecular weight excluding hydrogens is 447 g/mol. The summed E-state index contributed by atoms with van der Waals surface area (Å²) in [7, 11) is 0. The highest BCUT2D eigenvalue weighted by atomic mass is 19.4. The number of hydrogen-bond donors (Lipinski definition) is 0. The summed E-state index contributed by atoms with van der Waals surface area (Å²) in [6.07, 6.45) is 16.7. The Morgan fingerprint density at radius 1 is 0.629 bits per heavy atom. The van der Waals surface area contributed by atoms with E-state index in [0.717, 1.165) is 44.6 Å². The van der Waals surface area contributed by atoms with E-state index in [1.165, 1.54) is 95.2 Å². The number of carbonyl (C=O) groups excluding carboxylic acids is 1. The van der Waals surface area contributed by atoms with Crippen LogP contribution in [0, 0.1) is 0 Å². The largest absolute Gasteiger partial charge is 0.417 e. The molecule has 0 N–H and O–H groups in total. The second-order valence-electron chi connectivity index (χ2n) is 9.99. The zero-order valence-electron chi connectivity index (χ0n) is 22.4. The van der Waals surface area contributed by atoms with Gasteiger partial charge in [-0.25, -0.2) is 0 Å². The Hall–Kier alpha value is -1.52. The molecular formula is C30H50F3NO. The lowest BCUT2D eigenvalue weighted by atomic mass is 10.0. The number of halogens is 3. The number of nitrogens with zero attached hydrogens (tertiary/aromatic N) is 1. The van der Waals surface area contributed by atoms with E-state index in [9.17, 15) is 18.0 Å². The maximum atomic E-state index is 13.5. The standard InChI is InChI=1S/C30H50F3NO/c1-3-5-7-9-11-13-15-17-21-25-34(26-22-18-16-14-12-10-8-6-4-2)29(35)27-23-19-20-24-28(27)30(31,32)33/h19-20,23-24H,3-18,21-22,25-26H2,1-2H3. The van der Waals surface area contributed by atoms with Crippen LogP contribution in [0.15, 0.2) is 24.3 Å². The Labute approximate surface area is 213 Å². The number of rotatable bonds is 21. The minimum absolute atomic E-state index is 0.216. The molecule has 0 saturated heterocycles. The van der Waals surface area contributed by atoms with Gasteiger partial charge in [-0.2, -0.15) is 13.2 Å². The molecule has 202 valence electrons. The van der Waals surface area contributed by atoms with Crippen LogP contribution in [0.2, 0.25) is 0 Å². The monoisotopic (exact) mass is 497 g/mol. The smallest absolute Gasteiger partial charge is 0.339 e. The second-order valence-corrected chi connectivity index (χ2v) is 9.99. The minimum atomic E-state index is -4.52. The van der Waals surface area contributed by atoms with Crippen molar-refractivity contribution in [3.05, 3.63) is 35.4 Å². The van der Waals surface area contributed by atoms with Gasteiger partial charge >= 0.3 is 6.18 Å². The van der Waals surface area contributed by atoms with Crippen molar-refractivity contribution in [3.63, 3.8) is 0 Å². The van der Waals surface area contributed by atoms with Crippen LogP contribution in [0.5, 0.6) is 0 Å². The van der Waals surface area contributed by atoms with Gasteiger partial charge in [-0.3, -0.25) is 4.79 Å². The van der Waals surface area contributed by atoms with Gasteiger partial charge in [0.25, 0.3) is 5.91 Å². The number of benzene rings is 1. The summed E-state index contributed by atoms with van der Waals surface area (Å²) >= 11 is 0. The van der Waals surface area contributed by atoms with E-state index in [-0.39, 0.29) is 5.56 Å². The maximum Gasteiger partial charge on any atom is 0.417 e. The van der Waals surface area contributed by atoms with Crippen LogP contribution in [-0.2, 0) is 6.18 Å². The first-order chi connectivity index (χ1) is 16.9. The van der Waals surface area contributed by atoms with Crippen LogP contribution < -0.4 is 0 Å². The molecule has 1 rings (SSSR count). The molecule has 0 heterocycles. The van der Waals surface area contributed by atoms with E-state index in [2.05, 4.69) is 13.8 Å². The maximum absolute atomic E-state index is 13.5. The summed E-state index contributed by atoms with van der Waals surface area (Å²) in [5, 5.41) is 0. The summed E-state index contributed by atoms with van der Waals surface area (Å²) < 4.78 is 40.5. The Balaban J connectivity index is 2.54. The van der Waals surface area contributed by atoms with Crippen LogP contribution in [0.25, 0.3) is 0 Å². The molecule has 5 heteroatoms. The molecule has 0 aliphatic heterocycles. The van der Waals surface area contributed by atoms with Crippen molar-refractivity contribution < 1.29 is 18.0 Å². The number of hydrogen-bond acceptors (Lipinski definition) is 1. The van der Waals surface area contributed by atoms with Gasteiger partial charge in [-0.15, -0.1) is 0 Å². The highest BCUT2D eigenvalue weighted by molar-refractivity contribution is 5.95. The van der Waals surface area contributed by atoms with Crippen molar-refractivity contribution in [2.45, 2.75) is 136 Å². The van der Waals surface area contributed by atoms with E-state index in [1.54, 1.807) is 4.90 Å². The molecule has 0 atom stereocenters. The van der Waals surface area contributed by atoms with E-state index in [4.69, 9.17) is 0 Å². The molecule has 1 aromatic carbocycles. The third-order valence-corrected chi connectivity index (χ3v) is 6.81. The van der Waals surface area contributed by atoms with E-state index < -0.39 is 17.6 Å². The predicted molar refractivity (Wildman–Crippen MR) is 142 cm³/mol. The van der Waals surface area contributed by atoms with E-state index in [1.807, 2.05) is 0 Å². The van der Waals surface area contributed by atoms with Gasteiger partial charge in [0, 0.05) is 13.1 Å². The fourth-order valence-electron chi connectivity index (χ4n) is 4.63. The predicted octanol–water partition coefficient (Wildman–Crippen LogP) is 10.2. The van der Waals surface area contributed by atoms with Crippen molar-refractivity contribution in [1.82, 2.24) is 4.90 Å². The zero-order chi connectivity index (χ0) is 25.8. The van der Waals surface area contributed by atoms with Gasteiger partial charge in [-0.1, -0.05) is 129 Å². The molecule has 35 heavy (non-hydrogen) atoms. The van der Waals surface area contributed by atoms with E-state index in [0.29, 0.717) is 13.1 Å². The lowest BCUT2D eigenvalue weighted by molar-refractivity contribution is -0.138. The first kappa shape index (κ1) is 31.5. The molecule has 2 nitrogen and oxygen atoms in total. The zero-order valence-corrected chi connectivity index (χ0v) is 22.4. The molecule has 0 fully saturated rings. The van der Waals surface area contributed by atoms with Gasteiger partial charge in [0.2, 0.25) is 0 Å². The summed E-state index contributed by atoms with van der Waals surface area (Å²) in [5.74, 6) is -0.475. The third-order valence-electron chi connectivity index (χ3n) is 6.81. The third kappa shape index (κ3) is 14.6. The van der Waals surface area contributed by atoms with Crippen molar-refractivity contribution in [1.29, 1.82) is 0 Å². The van der Waals surface area contributed by atoms with Crippen molar-refractivity contribution in [2.24, 2.45) is 0 Å². The van der Waals surface area contributed by atoms with Gasteiger partial charge in [0.1, 0.15) is 0 Å². The quantitative estimate of drug-likeness (QED) is 0.155. The van der Waals surface area contributed by atoms with Crippen LogP contribution in [0.4, 0.5) is 13.2 Å². The SMILES string of the molecule is CCCCCCCCCCCN(CCCCCCCCCCC)C(=O)c1ccccc1C(F)(F)F. The van der Waals surface area contributed by atoms with E-state index >= 15 is 0 Å². The lowest BCUT2D eigenvalue weighted by Gasteiger charge is -2.24. The van der Waals surface area contributed by atoms with Gasteiger partial charge in [0.05, 0.1) is 11.1 Å². The fraction of sp³-hybridized carbons (Fsp3) is 0.767. The number of carbonyl (C=O) groups is 1. The molecule has 0 unspecified atom stereocenters. The van der Waals surface area contributed by atoms with Crippen LogP contribution in [-0.4, -0.2) is 23.9 Å². The summed E-state index contributed by atoms with van der Waals surface area (Å²) in [6, 6.07) is 5.22. The Morgan fingerprint density at radius 3 is 1.40 bits per heavy atom. The van der Waals surface area contributed by atoms with Crippen LogP contribution in [0.3, 0.4) is 0 Å². The number of unbranched alkanes of at least 4 members (excludes halogenated alkanes) is 16. The second kappa shape index (κ2) is 19.6. The summed E-state index contributed by atoms with van der Waals surface area (Å²) in [4.78, 5) is 14.8. The Morgan fingerprint density at radius 2 is 1.00 bits per heavy atom. The Kier molecular flexibility index (Phi) is 17.7. The molecule has 0 bridgehead atoms. The molecule has 0 saturated carbocycles. The minimum Gasteiger partial charge on any atom is -0.339 e. The lowest BCUT2D eigenvalue weighted by Crippen LogP contribution is -2.34. The van der Waals surface area contributed by atoms with Gasteiger partial charge in [0.15, 0.2) is 0 Å². The van der Waals surface area contributed by atoms with Gasteiger partial charge < -0.3 is 4.90 Å². The van der Waals surface area contributed by atoms with Crippen molar-refractivity contribution >= 4 is 5.91 Å². The number of alkyl halides is 3. The normalized spacial score (nSPS) is 11.7.